The van der Waals surface area contributed by atoms with E-state index in [1.165, 1.54) is 11.1 Å². The Hall–Kier alpha value is -1.13. The van der Waals surface area contributed by atoms with Gasteiger partial charge in [0.2, 0.25) is 0 Å². The second kappa shape index (κ2) is 6.16. The minimum Gasteiger partial charge on any atom is -0.333 e. The fraction of sp³-hybridized carbons (Fsp3) is 0.500. The molecule has 0 radical (unpaired) electrons. The Kier molecular flexibility index (Phi) is 4.55. The normalized spacial score (nSPS) is 12.8. The molecule has 4 heteroatoms. The average Bonchev–Trinajstić information content (AvgIpc) is 2.96. The van der Waals surface area contributed by atoms with E-state index in [-0.39, 0.29) is 6.04 Å². The molecule has 0 bridgehead atoms. The largest absolute Gasteiger partial charge is 0.333 e. The van der Waals surface area contributed by atoms with Crippen LogP contribution in [0, 0.1) is 6.92 Å². The lowest BCUT2D eigenvalue weighted by molar-refractivity contribution is 0.543. The van der Waals surface area contributed by atoms with Crippen molar-refractivity contribution in [3.05, 3.63) is 40.1 Å². The number of nitrogens with zero attached hydrogens (tertiary/aromatic N) is 2. The van der Waals surface area contributed by atoms with E-state index in [9.17, 15) is 0 Å². The summed E-state index contributed by atoms with van der Waals surface area (Å²) >= 11 is 1.76. The minimum atomic E-state index is 0.211. The molecule has 2 rings (SSSR count). The summed E-state index contributed by atoms with van der Waals surface area (Å²) in [5.74, 6) is 1.13. The third kappa shape index (κ3) is 2.65. The van der Waals surface area contributed by atoms with Gasteiger partial charge >= 0.3 is 0 Å². The number of aromatic nitrogens is 2. The van der Waals surface area contributed by atoms with Crippen molar-refractivity contribution >= 4 is 11.3 Å². The van der Waals surface area contributed by atoms with Crippen LogP contribution in [0.5, 0.6) is 0 Å². The molecule has 18 heavy (non-hydrogen) atoms. The highest BCUT2D eigenvalue weighted by atomic mass is 32.1. The standard InChI is InChI=1S/C14H21N3S/c1-4-7-17-8-6-16-14(17)13(15-5-2)12-10-18-9-11(12)3/h6,8-10,13,15H,4-5,7H2,1-3H3. The summed E-state index contributed by atoms with van der Waals surface area (Å²) in [6, 6.07) is 0.211. The van der Waals surface area contributed by atoms with Crippen molar-refractivity contribution in [2.24, 2.45) is 0 Å². The highest BCUT2D eigenvalue weighted by Gasteiger charge is 2.20. The number of thiophene rings is 1. The van der Waals surface area contributed by atoms with Crippen LogP contribution in [-0.4, -0.2) is 16.1 Å². The second-order valence-electron chi connectivity index (χ2n) is 4.48. The predicted molar refractivity (Wildman–Crippen MR) is 77.1 cm³/mol. The Balaban J connectivity index is 2.35. The summed E-state index contributed by atoms with van der Waals surface area (Å²) in [5, 5.41) is 7.98. The van der Waals surface area contributed by atoms with Crippen molar-refractivity contribution in [3.63, 3.8) is 0 Å². The maximum absolute atomic E-state index is 4.56. The van der Waals surface area contributed by atoms with E-state index in [0.29, 0.717) is 0 Å². The molecule has 3 nitrogen and oxygen atoms in total. The van der Waals surface area contributed by atoms with Crippen LogP contribution in [0.15, 0.2) is 23.2 Å². The summed E-state index contributed by atoms with van der Waals surface area (Å²) in [5.41, 5.74) is 2.70. The molecule has 0 aliphatic rings. The van der Waals surface area contributed by atoms with Gasteiger partial charge < -0.3 is 9.88 Å². The van der Waals surface area contributed by atoms with Gasteiger partial charge in [0.1, 0.15) is 5.82 Å². The van der Waals surface area contributed by atoms with E-state index < -0.39 is 0 Å². The predicted octanol–water partition coefficient (Wildman–Crippen LogP) is 3.36. The topological polar surface area (TPSA) is 29.9 Å². The first-order valence-electron chi connectivity index (χ1n) is 6.55. The van der Waals surface area contributed by atoms with E-state index in [1.807, 2.05) is 6.20 Å². The molecular weight excluding hydrogens is 242 g/mol. The van der Waals surface area contributed by atoms with E-state index in [0.717, 1.165) is 25.3 Å². The molecule has 2 aromatic rings. The van der Waals surface area contributed by atoms with Gasteiger partial charge in [0.05, 0.1) is 6.04 Å². The smallest absolute Gasteiger partial charge is 0.130 e. The monoisotopic (exact) mass is 263 g/mol. The van der Waals surface area contributed by atoms with Gasteiger partial charge in [-0.05, 0) is 41.8 Å². The molecule has 0 aromatic carbocycles. The molecule has 0 saturated carbocycles. The van der Waals surface area contributed by atoms with Crippen LogP contribution in [0.1, 0.15) is 43.3 Å². The lowest BCUT2D eigenvalue weighted by Gasteiger charge is -2.19. The Morgan fingerprint density at radius 2 is 2.22 bits per heavy atom. The fourth-order valence-electron chi connectivity index (χ4n) is 2.22. The Labute approximate surface area is 113 Å². The molecule has 0 saturated heterocycles. The SMILES string of the molecule is CCCn1ccnc1C(NCC)c1cscc1C. The van der Waals surface area contributed by atoms with Crippen LogP contribution >= 0.6 is 11.3 Å². The number of imidazole rings is 1. The summed E-state index contributed by atoms with van der Waals surface area (Å²) in [4.78, 5) is 4.56. The molecule has 1 N–H and O–H groups in total. The van der Waals surface area contributed by atoms with Gasteiger partial charge in [-0.15, -0.1) is 0 Å². The van der Waals surface area contributed by atoms with Gasteiger partial charge in [-0.1, -0.05) is 13.8 Å². The van der Waals surface area contributed by atoms with Crippen LogP contribution in [-0.2, 0) is 6.54 Å². The first kappa shape index (κ1) is 13.3. The number of nitrogens with one attached hydrogen (secondary N) is 1. The van der Waals surface area contributed by atoms with Crippen LogP contribution in [0.3, 0.4) is 0 Å². The van der Waals surface area contributed by atoms with Crippen molar-refractivity contribution in [2.45, 2.75) is 39.8 Å². The quantitative estimate of drug-likeness (QED) is 0.866. The molecule has 0 fully saturated rings. The molecular formula is C14H21N3S. The van der Waals surface area contributed by atoms with E-state index in [2.05, 4.69) is 52.6 Å². The minimum absolute atomic E-state index is 0.211. The third-order valence-electron chi connectivity index (χ3n) is 3.08. The van der Waals surface area contributed by atoms with Crippen molar-refractivity contribution in [3.8, 4) is 0 Å². The third-order valence-corrected chi connectivity index (χ3v) is 3.96. The Bertz CT molecular complexity index is 487. The van der Waals surface area contributed by atoms with Gasteiger partial charge in [0.25, 0.3) is 0 Å². The van der Waals surface area contributed by atoms with Crippen molar-refractivity contribution in [1.82, 2.24) is 14.9 Å². The number of aryl methyl sites for hydroxylation is 2. The average molecular weight is 263 g/mol. The zero-order valence-electron chi connectivity index (χ0n) is 11.3. The number of rotatable bonds is 6. The van der Waals surface area contributed by atoms with Crippen LogP contribution < -0.4 is 5.32 Å². The van der Waals surface area contributed by atoms with Gasteiger partial charge in [-0.2, -0.15) is 11.3 Å². The van der Waals surface area contributed by atoms with Crippen LogP contribution in [0.2, 0.25) is 0 Å². The lowest BCUT2D eigenvalue weighted by atomic mass is 10.1. The highest BCUT2D eigenvalue weighted by Crippen LogP contribution is 2.26. The van der Waals surface area contributed by atoms with Crippen molar-refractivity contribution < 1.29 is 0 Å². The highest BCUT2D eigenvalue weighted by molar-refractivity contribution is 7.08. The van der Waals surface area contributed by atoms with Crippen molar-refractivity contribution in [1.29, 1.82) is 0 Å². The fourth-order valence-corrected chi connectivity index (χ4v) is 3.10. The molecule has 1 atom stereocenters. The first-order valence-corrected chi connectivity index (χ1v) is 7.49. The van der Waals surface area contributed by atoms with E-state index in [1.54, 1.807) is 11.3 Å². The molecule has 2 aromatic heterocycles. The van der Waals surface area contributed by atoms with Crippen molar-refractivity contribution in [2.75, 3.05) is 6.54 Å². The van der Waals surface area contributed by atoms with Crippen LogP contribution in [0.4, 0.5) is 0 Å². The zero-order chi connectivity index (χ0) is 13.0. The summed E-state index contributed by atoms with van der Waals surface area (Å²) in [7, 11) is 0. The Morgan fingerprint density at radius 1 is 1.39 bits per heavy atom. The van der Waals surface area contributed by atoms with Gasteiger partial charge in [0.15, 0.2) is 0 Å². The molecule has 98 valence electrons. The van der Waals surface area contributed by atoms with E-state index >= 15 is 0 Å². The zero-order valence-corrected chi connectivity index (χ0v) is 12.1. The molecule has 2 heterocycles. The second-order valence-corrected chi connectivity index (χ2v) is 5.22. The van der Waals surface area contributed by atoms with Gasteiger partial charge in [0, 0.05) is 18.9 Å². The molecule has 0 aliphatic carbocycles. The maximum Gasteiger partial charge on any atom is 0.130 e. The summed E-state index contributed by atoms with van der Waals surface area (Å²) in [6.07, 6.45) is 5.10. The summed E-state index contributed by atoms with van der Waals surface area (Å²) < 4.78 is 2.25. The molecule has 0 amide bonds. The number of hydrogen-bond donors (Lipinski definition) is 1. The van der Waals surface area contributed by atoms with E-state index in [4.69, 9.17) is 0 Å². The number of hydrogen-bond acceptors (Lipinski definition) is 3. The molecule has 1 unspecified atom stereocenters. The van der Waals surface area contributed by atoms with Gasteiger partial charge in [-0.3, -0.25) is 0 Å². The Morgan fingerprint density at radius 3 is 2.83 bits per heavy atom. The lowest BCUT2D eigenvalue weighted by Crippen LogP contribution is -2.25. The molecule has 0 aliphatic heterocycles. The summed E-state index contributed by atoms with van der Waals surface area (Å²) in [6.45, 7) is 8.48. The maximum atomic E-state index is 4.56. The van der Waals surface area contributed by atoms with Gasteiger partial charge in [-0.25, -0.2) is 4.98 Å². The van der Waals surface area contributed by atoms with Crippen LogP contribution in [0.25, 0.3) is 0 Å². The first-order chi connectivity index (χ1) is 8.77. The molecule has 0 spiro atoms.